The number of piperidine rings is 1. The molecule has 3 heterocycles. The van der Waals surface area contributed by atoms with Crippen LogP contribution in [0.25, 0.3) is 16.4 Å². The van der Waals surface area contributed by atoms with Gasteiger partial charge in [-0.05, 0) is 37.1 Å². The zero-order chi connectivity index (χ0) is 19.8. The fraction of sp³-hybridized carbons (Fsp3) is 0.238. The molecule has 0 amide bonds. The highest BCUT2D eigenvalue weighted by Crippen LogP contribution is 2.32. The zero-order valence-electron chi connectivity index (χ0n) is 15.5. The van der Waals surface area contributed by atoms with E-state index in [0.717, 1.165) is 29.7 Å². The number of halogens is 1. The molecule has 1 fully saturated rings. The number of rotatable bonds is 3. The highest BCUT2D eigenvalue weighted by Gasteiger charge is 2.28. The summed E-state index contributed by atoms with van der Waals surface area (Å²) in [5.74, 6) is 1.07. The maximum absolute atomic E-state index is 12.8. The van der Waals surface area contributed by atoms with Crippen molar-refractivity contribution in [3.8, 4) is 5.75 Å². The molecule has 29 heavy (non-hydrogen) atoms. The third kappa shape index (κ3) is 3.38. The Morgan fingerprint density at radius 1 is 1.03 bits per heavy atom. The largest absolute Gasteiger partial charge is 0.426 e. The minimum absolute atomic E-state index is 0.140. The summed E-state index contributed by atoms with van der Waals surface area (Å²) in [7, 11) is 0. The molecule has 2 aromatic carbocycles. The molecule has 0 spiro atoms. The number of carbonyl (C=O) groups is 1. The van der Waals surface area contributed by atoms with Crippen LogP contribution < -0.4 is 9.64 Å². The van der Waals surface area contributed by atoms with Crippen molar-refractivity contribution in [1.82, 2.24) is 19.8 Å². The van der Waals surface area contributed by atoms with Crippen LogP contribution in [-0.4, -0.2) is 38.9 Å². The summed E-state index contributed by atoms with van der Waals surface area (Å²) in [4.78, 5) is 14.9. The first-order chi connectivity index (χ1) is 14.2. The predicted molar refractivity (Wildman–Crippen MR) is 110 cm³/mol. The highest BCUT2D eigenvalue weighted by molar-refractivity contribution is 6.35. The molecule has 1 aliphatic heterocycles. The average Bonchev–Trinajstić information content (AvgIpc) is 3.24. The Morgan fingerprint density at radius 3 is 2.66 bits per heavy atom. The van der Waals surface area contributed by atoms with E-state index < -0.39 is 0 Å². The molecule has 0 atom stereocenters. The number of hydrogen-bond acceptors (Lipinski definition) is 6. The number of hydrogen-bond donors (Lipinski definition) is 0. The van der Waals surface area contributed by atoms with Crippen molar-refractivity contribution in [2.75, 3.05) is 18.0 Å². The lowest BCUT2D eigenvalue weighted by atomic mass is 9.97. The van der Waals surface area contributed by atoms with Gasteiger partial charge in [-0.3, -0.25) is 4.79 Å². The second kappa shape index (κ2) is 7.33. The Morgan fingerprint density at radius 2 is 1.83 bits per heavy atom. The van der Waals surface area contributed by atoms with Crippen molar-refractivity contribution in [2.24, 2.45) is 5.92 Å². The molecule has 8 heteroatoms. The third-order valence-electron chi connectivity index (χ3n) is 5.34. The lowest BCUT2D eigenvalue weighted by Crippen LogP contribution is -2.38. The fourth-order valence-electron chi connectivity index (χ4n) is 3.75. The third-order valence-corrected chi connectivity index (χ3v) is 5.67. The number of aromatic nitrogens is 4. The van der Waals surface area contributed by atoms with E-state index in [2.05, 4.69) is 20.2 Å². The van der Waals surface area contributed by atoms with Crippen molar-refractivity contribution >= 4 is 39.8 Å². The first-order valence-corrected chi connectivity index (χ1v) is 9.88. The monoisotopic (exact) mass is 407 g/mol. The number of nitrogens with zero attached hydrogens (tertiary/aromatic N) is 5. The minimum atomic E-state index is -0.195. The van der Waals surface area contributed by atoms with Gasteiger partial charge in [0.2, 0.25) is 0 Å². The van der Waals surface area contributed by atoms with Gasteiger partial charge >= 0.3 is 5.97 Å². The summed E-state index contributed by atoms with van der Waals surface area (Å²) >= 11 is 6.26. The molecule has 0 unspecified atom stereocenters. The molecule has 1 aliphatic rings. The Hall–Kier alpha value is -3.19. The SMILES string of the molecule is O=C(Oc1ccc(Cl)c2ccccc12)C1CCN(c2ccc3nncn3n2)CC1. The molecule has 2 aromatic heterocycles. The number of anilines is 1. The van der Waals surface area contributed by atoms with Crippen LogP contribution in [0.5, 0.6) is 5.75 Å². The van der Waals surface area contributed by atoms with Crippen LogP contribution in [-0.2, 0) is 4.79 Å². The number of fused-ring (bicyclic) bond motifs is 2. The molecule has 0 saturated carbocycles. The Kier molecular flexibility index (Phi) is 4.52. The van der Waals surface area contributed by atoms with Crippen LogP contribution in [0.1, 0.15) is 12.8 Å². The number of esters is 1. The van der Waals surface area contributed by atoms with Crippen LogP contribution in [0.2, 0.25) is 5.02 Å². The second-order valence-corrected chi connectivity index (χ2v) is 7.51. The van der Waals surface area contributed by atoms with Crippen molar-refractivity contribution in [3.63, 3.8) is 0 Å². The van der Waals surface area contributed by atoms with E-state index in [0.29, 0.717) is 29.3 Å². The minimum Gasteiger partial charge on any atom is -0.426 e. The lowest BCUT2D eigenvalue weighted by Gasteiger charge is -2.31. The van der Waals surface area contributed by atoms with Crippen molar-refractivity contribution in [2.45, 2.75) is 12.8 Å². The summed E-state index contributed by atoms with van der Waals surface area (Å²) in [6.45, 7) is 1.48. The first-order valence-electron chi connectivity index (χ1n) is 9.50. The standard InChI is InChI=1S/C21H18ClN5O2/c22-17-5-6-18(16-4-2-1-3-15(16)17)29-21(28)14-9-11-26(12-10-14)20-8-7-19-24-23-13-27(19)25-20/h1-8,13-14H,9-12H2. The molecule has 0 radical (unpaired) electrons. The smallest absolute Gasteiger partial charge is 0.314 e. The van der Waals surface area contributed by atoms with Crippen molar-refractivity contribution in [3.05, 3.63) is 59.9 Å². The summed E-state index contributed by atoms with van der Waals surface area (Å²) in [6.07, 6.45) is 3.01. The topological polar surface area (TPSA) is 72.6 Å². The van der Waals surface area contributed by atoms with E-state index >= 15 is 0 Å². The number of benzene rings is 2. The Labute approximate surface area is 171 Å². The van der Waals surface area contributed by atoms with E-state index in [1.807, 2.05) is 36.4 Å². The van der Waals surface area contributed by atoms with Crippen molar-refractivity contribution < 1.29 is 9.53 Å². The van der Waals surface area contributed by atoms with E-state index in [1.54, 1.807) is 23.0 Å². The molecular formula is C21H18ClN5O2. The molecule has 0 bridgehead atoms. The van der Waals surface area contributed by atoms with Gasteiger partial charge < -0.3 is 9.64 Å². The molecule has 1 saturated heterocycles. The second-order valence-electron chi connectivity index (χ2n) is 7.10. The fourth-order valence-corrected chi connectivity index (χ4v) is 3.97. The van der Waals surface area contributed by atoms with Gasteiger partial charge in [-0.2, -0.15) is 4.52 Å². The maximum atomic E-state index is 12.8. The van der Waals surface area contributed by atoms with Gasteiger partial charge in [0.15, 0.2) is 5.65 Å². The van der Waals surface area contributed by atoms with E-state index in [4.69, 9.17) is 16.3 Å². The summed E-state index contributed by atoms with van der Waals surface area (Å²) in [5, 5.41) is 14.7. The number of carbonyl (C=O) groups excluding carboxylic acids is 1. The van der Waals surface area contributed by atoms with E-state index in [-0.39, 0.29) is 11.9 Å². The molecule has 0 aliphatic carbocycles. The van der Waals surface area contributed by atoms with Crippen LogP contribution in [0.3, 0.4) is 0 Å². The van der Waals surface area contributed by atoms with Crippen LogP contribution in [0, 0.1) is 5.92 Å². The van der Waals surface area contributed by atoms with Gasteiger partial charge in [-0.15, -0.1) is 15.3 Å². The Bertz CT molecular complexity index is 1200. The van der Waals surface area contributed by atoms with Crippen molar-refractivity contribution in [1.29, 1.82) is 0 Å². The normalized spacial score (nSPS) is 15.1. The summed E-state index contributed by atoms with van der Waals surface area (Å²) < 4.78 is 7.41. The molecular weight excluding hydrogens is 390 g/mol. The van der Waals surface area contributed by atoms with E-state index in [1.165, 1.54) is 0 Å². The van der Waals surface area contributed by atoms with E-state index in [9.17, 15) is 4.79 Å². The number of ether oxygens (including phenoxy) is 1. The maximum Gasteiger partial charge on any atom is 0.314 e. The van der Waals surface area contributed by atoms with Crippen LogP contribution in [0.15, 0.2) is 54.9 Å². The quantitative estimate of drug-likeness (QED) is 0.380. The molecule has 0 N–H and O–H groups in total. The van der Waals surface area contributed by atoms with Crippen LogP contribution >= 0.6 is 11.6 Å². The average molecular weight is 408 g/mol. The molecule has 7 nitrogen and oxygen atoms in total. The van der Waals surface area contributed by atoms with Gasteiger partial charge in [0, 0.05) is 28.9 Å². The molecule has 146 valence electrons. The van der Waals surface area contributed by atoms with Gasteiger partial charge in [0.05, 0.1) is 5.92 Å². The first kappa shape index (κ1) is 17.9. The van der Waals surface area contributed by atoms with Crippen LogP contribution in [0.4, 0.5) is 5.82 Å². The van der Waals surface area contributed by atoms with Gasteiger partial charge in [-0.1, -0.05) is 35.9 Å². The van der Waals surface area contributed by atoms with Gasteiger partial charge in [-0.25, -0.2) is 0 Å². The summed E-state index contributed by atoms with van der Waals surface area (Å²) in [5.41, 5.74) is 0.711. The van der Waals surface area contributed by atoms with Gasteiger partial charge in [0.25, 0.3) is 0 Å². The highest BCUT2D eigenvalue weighted by atomic mass is 35.5. The molecule has 5 rings (SSSR count). The summed E-state index contributed by atoms with van der Waals surface area (Å²) in [6, 6.07) is 15.0. The zero-order valence-corrected chi connectivity index (χ0v) is 16.3. The molecule has 4 aromatic rings. The predicted octanol–water partition coefficient (Wildman–Crippen LogP) is 3.75. The Balaban J connectivity index is 1.27. The van der Waals surface area contributed by atoms with Gasteiger partial charge in [0.1, 0.15) is 17.9 Å². The lowest BCUT2D eigenvalue weighted by molar-refractivity contribution is -0.139.